The van der Waals surface area contributed by atoms with E-state index in [9.17, 15) is 9.18 Å². The molecule has 0 unspecified atom stereocenters. The molecule has 0 atom stereocenters. The quantitative estimate of drug-likeness (QED) is 0.694. The number of halogens is 1. The topological polar surface area (TPSA) is 60.0 Å². The first kappa shape index (κ1) is 21.4. The van der Waals surface area contributed by atoms with E-state index in [0.717, 1.165) is 38.8 Å². The van der Waals surface area contributed by atoms with Crippen LogP contribution in [0.15, 0.2) is 36.4 Å². The smallest absolute Gasteiger partial charge is 0.251 e. The zero-order chi connectivity index (χ0) is 21.8. The third kappa shape index (κ3) is 5.47. The van der Waals surface area contributed by atoms with Crippen LogP contribution in [0.1, 0.15) is 41.6 Å². The number of ether oxygens (including phenoxy) is 3. The minimum Gasteiger partial charge on any atom is -0.497 e. The summed E-state index contributed by atoms with van der Waals surface area (Å²) < 4.78 is 31.0. The molecule has 1 saturated heterocycles. The van der Waals surface area contributed by atoms with Gasteiger partial charge in [-0.15, -0.1) is 0 Å². The highest BCUT2D eigenvalue weighted by molar-refractivity contribution is 5.95. The lowest BCUT2D eigenvalue weighted by molar-refractivity contribution is 0.0919. The number of hydrogen-bond donors (Lipinski definition) is 1. The molecular formula is C24H29FN2O4. The number of rotatable bonds is 8. The summed E-state index contributed by atoms with van der Waals surface area (Å²) in [6, 6.07) is 10.4. The van der Waals surface area contributed by atoms with Crippen molar-refractivity contribution in [3.63, 3.8) is 0 Å². The van der Waals surface area contributed by atoms with E-state index in [0.29, 0.717) is 41.0 Å². The van der Waals surface area contributed by atoms with Crippen molar-refractivity contribution in [1.82, 2.24) is 10.2 Å². The minimum absolute atomic E-state index is 0.0158. The molecule has 2 fully saturated rings. The van der Waals surface area contributed by atoms with E-state index in [1.807, 2.05) is 0 Å². The number of nitrogens with one attached hydrogen (secondary N) is 1. The van der Waals surface area contributed by atoms with Crippen molar-refractivity contribution in [2.45, 2.75) is 44.4 Å². The normalized spacial score (nSPS) is 17.3. The van der Waals surface area contributed by atoms with E-state index in [4.69, 9.17) is 14.2 Å². The monoisotopic (exact) mass is 428 g/mol. The molecule has 166 valence electrons. The van der Waals surface area contributed by atoms with Crippen LogP contribution in [0.5, 0.6) is 17.2 Å². The molecule has 1 saturated carbocycles. The zero-order valence-electron chi connectivity index (χ0n) is 18.0. The van der Waals surface area contributed by atoms with Crippen molar-refractivity contribution in [2.75, 3.05) is 27.3 Å². The van der Waals surface area contributed by atoms with Crippen LogP contribution >= 0.6 is 0 Å². The van der Waals surface area contributed by atoms with Crippen molar-refractivity contribution in [2.24, 2.45) is 0 Å². The molecule has 1 N–H and O–H groups in total. The first-order valence-corrected chi connectivity index (χ1v) is 10.8. The van der Waals surface area contributed by atoms with Crippen LogP contribution in [0.4, 0.5) is 4.39 Å². The lowest BCUT2D eigenvalue weighted by atomic mass is 10.1. The van der Waals surface area contributed by atoms with Crippen LogP contribution in [0, 0.1) is 5.82 Å². The Kier molecular flexibility index (Phi) is 6.61. The van der Waals surface area contributed by atoms with Crippen molar-refractivity contribution in [3.8, 4) is 17.2 Å². The standard InChI is InChI=1S/C24H29FN2O4/c1-29-20-6-7-21(25)17(13-20)15-27-11-9-19(10-12-27)31-23-14-16(3-8-22(23)30-2)24(28)26-18-4-5-18/h3,6-8,13-14,18-19H,4-5,9-12,15H2,1-2H3,(H,26,28). The van der Waals surface area contributed by atoms with Gasteiger partial charge in [0.1, 0.15) is 17.7 Å². The minimum atomic E-state index is -0.217. The summed E-state index contributed by atoms with van der Waals surface area (Å²) in [6.07, 6.45) is 3.73. The van der Waals surface area contributed by atoms with Crippen molar-refractivity contribution in [3.05, 3.63) is 53.3 Å². The summed E-state index contributed by atoms with van der Waals surface area (Å²) in [4.78, 5) is 14.6. The van der Waals surface area contributed by atoms with E-state index in [1.165, 1.54) is 6.07 Å². The number of likely N-dealkylation sites (tertiary alicyclic amines) is 1. The Balaban J connectivity index is 1.35. The van der Waals surface area contributed by atoms with Crippen LogP contribution < -0.4 is 19.5 Å². The second-order valence-corrected chi connectivity index (χ2v) is 8.16. The molecule has 1 amide bonds. The molecule has 0 aromatic heterocycles. The Bertz CT molecular complexity index is 924. The van der Waals surface area contributed by atoms with Gasteiger partial charge in [0.05, 0.1) is 14.2 Å². The number of amides is 1. The van der Waals surface area contributed by atoms with E-state index >= 15 is 0 Å². The van der Waals surface area contributed by atoms with Gasteiger partial charge in [0, 0.05) is 36.8 Å². The van der Waals surface area contributed by atoms with E-state index in [2.05, 4.69) is 10.2 Å². The first-order chi connectivity index (χ1) is 15.1. The molecule has 2 aliphatic rings. The number of carbonyl (C=O) groups excluding carboxylic acids is 1. The van der Waals surface area contributed by atoms with Gasteiger partial charge >= 0.3 is 0 Å². The van der Waals surface area contributed by atoms with Crippen LogP contribution in [0.3, 0.4) is 0 Å². The molecule has 0 radical (unpaired) electrons. The highest BCUT2D eigenvalue weighted by Gasteiger charge is 2.26. The number of hydrogen-bond acceptors (Lipinski definition) is 5. The summed E-state index contributed by atoms with van der Waals surface area (Å²) in [6.45, 7) is 2.13. The highest BCUT2D eigenvalue weighted by atomic mass is 19.1. The molecule has 1 heterocycles. The van der Waals surface area contributed by atoms with E-state index < -0.39 is 0 Å². The fourth-order valence-corrected chi connectivity index (χ4v) is 3.81. The summed E-state index contributed by atoms with van der Waals surface area (Å²) in [5.41, 5.74) is 1.21. The molecule has 7 heteroatoms. The molecule has 31 heavy (non-hydrogen) atoms. The van der Waals surface area contributed by atoms with E-state index in [-0.39, 0.29) is 17.8 Å². The van der Waals surface area contributed by atoms with Gasteiger partial charge < -0.3 is 19.5 Å². The zero-order valence-corrected chi connectivity index (χ0v) is 18.0. The summed E-state index contributed by atoms with van der Waals surface area (Å²) in [7, 11) is 3.18. The lowest BCUT2D eigenvalue weighted by Crippen LogP contribution is -2.38. The number of carbonyl (C=O) groups is 1. The fraction of sp³-hybridized carbons (Fsp3) is 0.458. The van der Waals surface area contributed by atoms with Gasteiger partial charge in [-0.25, -0.2) is 4.39 Å². The third-order valence-electron chi connectivity index (χ3n) is 5.81. The maximum atomic E-state index is 14.1. The highest BCUT2D eigenvalue weighted by Crippen LogP contribution is 2.31. The molecule has 2 aromatic rings. The second kappa shape index (κ2) is 9.56. The molecule has 1 aliphatic carbocycles. The van der Waals surface area contributed by atoms with Crippen LogP contribution in [-0.2, 0) is 6.54 Å². The van der Waals surface area contributed by atoms with Crippen LogP contribution in [0.25, 0.3) is 0 Å². The average molecular weight is 429 g/mol. The number of methoxy groups -OCH3 is 2. The maximum Gasteiger partial charge on any atom is 0.251 e. The van der Waals surface area contributed by atoms with Gasteiger partial charge in [-0.1, -0.05) is 0 Å². The predicted molar refractivity (Wildman–Crippen MR) is 115 cm³/mol. The number of piperidine rings is 1. The summed E-state index contributed by atoms with van der Waals surface area (Å²) in [5.74, 6) is 1.56. The number of benzene rings is 2. The van der Waals surface area contributed by atoms with Crippen molar-refractivity contribution < 1.29 is 23.4 Å². The predicted octanol–water partition coefficient (Wildman–Crippen LogP) is 3.78. The van der Waals surface area contributed by atoms with Crippen LogP contribution in [-0.4, -0.2) is 50.3 Å². The lowest BCUT2D eigenvalue weighted by Gasteiger charge is -2.32. The Morgan fingerprint density at radius 1 is 1.03 bits per heavy atom. The molecule has 4 rings (SSSR count). The van der Waals surface area contributed by atoms with Gasteiger partial charge in [0.15, 0.2) is 11.5 Å². The van der Waals surface area contributed by atoms with Gasteiger partial charge in [-0.2, -0.15) is 0 Å². The summed E-state index contributed by atoms with van der Waals surface area (Å²) >= 11 is 0. The average Bonchev–Trinajstić information content (AvgIpc) is 3.60. The summed E-state index contributed by atoms with van der Waals surface area (Å²) in [5, 5.41) is 3.00. The Hall–Kier alpha value is -2.80. The molecule has 6 nitrogen and oxygen atoms in total. The Morgan fingerprint density at radius 3 is 2.48 bits per heavy atom. The van der Waals surface area contributed by atoms with E-state index in [1.54, 1.807) is 44.6 Å². The van der Waals surface area contributed by atoms with Gasteiger partial charge in [0.25, 0.3) is 5.91 Å². The third-order valence-corrected chi connectivity index (χ3v) is 5.81. The first-order valence-electron chi connectivity index (χ1n) is 10.8. The molecule has 0 spiro atoms. The van der Waals surface area contributed by atoms with Crippen molar-refractivity contribution in [1.29, 1.82) is 0 Å². The largest absolute Gasteiger partial charge is 0.497 e. The number of nitrogens with zero attached hydrogens (tertiary/aromatic N) is 1. The Morgan fingerprint density at radius 2 is 1.81 bits per heavy atom. The molecular weight excluding hydrogens is 399 g/mol. The Labute approximate surface area is 182 Å². The maximum absolute atomic E-state index is 14.1. The fourth-order valence-electron chi connectivity index (χ4n) is 3.81. The van der Waals surface area contributed by atoms with Crippen molar-refractivity contribution >= 4 is 5.91 Å². The van der Waals surface area contributed by atoms with Gasteiger partial charge in [-0.05, 0) is 62.1 Å². The van der Waals surface area contributed by atoms with Gasteiger partial charge in [-0.3, -0.25) is 9.69 Å². The van der Waals surface area contributed by atoms with Gasteiger partial charge in [0.2, 0.25) is 0 Å². The SMILES string of the molecule is COc1ccc(F)c(CN2CCC(Oc3cc(C(=O)NC4CC4)ccc3OC)CC2)c1. The second-order valence-electron chi connectivity index (χ2n) is 8.16. The van der Waals surface area contributed by atoms with Crippen LogP contribution in [0.2, 0.25) is 0 Å². The molecule has 1 aliphatic heterocycles. The molecule has 0 bridgehead atoms. The molecule has 2 aromatic carbocycles.